The smallest absolute Gasteiger partial charge is 0.125 e. The van der Waals surface area contributed by atoms with Gasteiger partial charge in [-0.3, -0.25) is 0 Å². The number of hydrogen-bond acceptors (Lipinski definition) is 2. The molecule has 3 rings (SSSR count). The molecule has 19 heavy (non-hydrogen) atoms. The van der Waals surface area contributed by atoms with Gasteiger partial charge < -0.3 is 10.1 Å². The Morgan fingerprint density at radius 2 is 2.11 bits per heavy atom. The minimum Gasteiger partial charge on any atom is -0.488 e. The summed E-state index contributed by atoms with van der Waals surface area (Å²) in [7, 11) is 0. The molecule has 0 aromatic heterocycles. The number of halogens is 1. The van der Waals surface area contributed by atoms with Crippen molar-refractivity contribution in [3.8, 4) is 5.75 Å². The molecule has 1 aliphatic heterocycles. The van der Waals surface area contributed by atoms with E-state index >= 15 is 0 Å². The number of para-hydroxylation sites is 1. The van der Waals surface area contributed by atoms with Crippen LogP contribution in [-0.4, -0.2) is 12.6 Å². The van der Waals surface area contributed by atoms with Crippen LogP contribution in [0.25, 0.3) is 0 Å². The maximum Gasteiger partial charge on any atom is 0.125 e. The molecule has 3 heteroatoms. The lowest BCUT2D eigenvalue weighted by molar-refractivity contribution is 0.246. The van der Waals surface area contributed by atoms with Crippen molar-refractivity contribution in [2.45, 2.75) is 19.4 Å². The topological polar surface area (TPSA) is 21.3 Å². The first-order valence-electron chi connectivity index (χ1n) is 6.47. The summed E-state index contributed by atoms with van der Waals surface area (Å²) in [6.45, 7) is 2.64. The third kappa shape index (κ3) is 2.55. The summed E-state index contributed by atoms with van der Waals surface area (Å²) in [5.41, 5.74) is 3.11. The molecule has 1 unspecified atom stereocenters. The number of benzene rings is 2. The number of aryl methyl sites for hydroxylation is 1. The van der Waals surface area contributed by atoms with Crippen LogP contribution >= 0.6 is 0 Å². The van der Waals surface area contributed by atoms with E-state index in [9.17, 15) is 4.39 Å². The van der Waals surface area contributed by atoms with Gasteiger partial charge in [0.05, 0.1) is 6.54 Å². The SMILES string of the molecule is Cc1ccc(F)cc1NCC1Cc2ccccc2O1. The van der Waals surface area contributed by atoms with E-state index in [1.54, 1.807) is 6.07 Å². The molecule has 2 aromatic rings. The molecule has 0 radical (unpaired) electrons. The van der Waals surface area contributed by atoms with E-state index in [2.05, 4.69) is 11.4 Å². The summed E-state index contributed by atoms with van der Waals surface area (Å²) in [5.74, 6) is 0.744. The fraction of sp³-hybridized carbons (Fsp3) is 0.250. The molecule has 1 aliphatic rings. The van der Waals surface area contributed by atoms with Crippen molar-refractivity contribution in [1.29, 1.82) is 0 Å². The van der Waals surface area contributed by atoms with Crippen molar-refractivity contribution in [3.63, 3.8) is 0 Å². The second-order valence-electron chi connectivity index (χ2n) is 4.89. The van der Waals surface area contributed by atoms with Gasteiger partial charge in [-0.1, -0.05) is 24.3 Å². The highest BCUT2D eigenvalue weighted by Crippen LogP contribution is 2.28. The molecule has 0 fully saturated rings. The third-order valence-corrected chi connectivity index (χ3v) is 3.43. The van der Waals surface area contributed by atoms with Crippen molar-refractivity contribution in [3.05, 3.63) is 59.4 Å². The zero-order valence-electron chi connectivity index (χ0n) is 10.8. The monoisotopic (exact) mass is 257 g/mol. The second-order valence-corrected chi connectivity index (χ2v) is 4.89. The van der Waals surface area contributed by atoms with Crippen LogP contribution in [0.15, 0.2) is 42.5 Å². The lowest BCUT2D eigenvalue weighted by Gasteiger charge is -2.14. The standard InChI is InChI=1S/C16H16FNO/c1-11-6-7-13(17)9-15(11)18-10-14-8-12-4-2-3-5-16(12)19-14/h2-7,9,14,18H,8,10H2,1H3. The van der Waals surface area contributed by atoms with Gasteiger partial charge in [0.15, 0.2) is 0 Å². The Kier molecular flexibility index (Phi) is 3.11. The largest absolute Gasteiger partial charge is 0.488 e. The highest BCUT2D eigenvalue weighted by atomic mass is 19.1. The van der Waals surface area contributed by atoms with Gasteiger partial charge in [-0.2, -0.15) is 0 Å². The first kappa shape index (κ1) is 12.0. The molecule has 1 heterocycles. The van der Waals surface area contributed by atoms with Crippen LogP contribution in [0.2, 0.25) is 0 Å². The van der Waals surface area contributed by atoms with Crippen molar-refractivity contribution >= 4 is 5.69 Å². The minimum atomic E-state index is -0.219. The average Bonchev–Trinajstić information content (AvgIpc) is 2.82. The maximum atomic E-state index is 13.2. The Morgan fingerprint density at radius 1 is 1.26 bits per heavy atom. The van der Waals surface area contributed by atoms with Crippen molar-refractivity contribution in [1.82, 2.24) is 0 Å². The highest BCUT2D eigenvalue weighted by molar-refractivity contribution is 5.51. The van der Waals surface area contributed by atoms with Gasteiger partial charge in [-0.25, -0.2) is 4.39 Å². The Labute approximate surface area is 112 Å². The van der Waals surface area contributed by atoms with Crippen LogP contribution in [-0.2, 0) is 6.42 Å². The van der Waals surface area contributed by atoms with Crippen molar-refractivity contribution in [2.75, 3.05) is 11.9 Å². The Hall–Kier alpha value is -2.03. The molecule has 0 aliphatic carbocycles. The van der Waals surface area contributed by atoms with Gasteiger partial charge in [0.25, 0.3) is 0 Å². The summed E-state index contributed by atoms with van der Waals surface area (Å²) in [6.07, 6.45) is 1.01. The van der Waals surface area contributed by atoms with Crippen LogP contribution < -0.4 is 10.1 Å². The highest BCUT2D eigenvalue weighted by Gasteiger charge is 2.21. The van der Waals surface area contributed by atoms with E-state index in [0.29, 0.717) is 6.54 Å². The first-order valence-corrected chi connectivity index (χ1v) is 6.47. The van der Waals surface area contributed by atoms with Gasteiger partial charge >= 0.3 is 0 Å². The predicted octanol–water partition coefficient (Wildman–Crippen LogP) is 3.55. The zero-order valence-corrected chi connectivity index (χ0v) is 10.8. The van der Waals surface area contributed by atoms with Gasteiger partial charge in [-0.05, 0) is 36.2 Å². The molecule has 0 bridgehead atoms. The van der Waals surface area contributed by atoms with Gasteiger partial charge in [0.2, 0.25) is 0 Å². The summed E-state index contributed by atoms with van der Waals surface area (Å²) in [6, 6.07) is 12.9. The van der Waals surface area contributed by atoms with Gasteiger partial charge in [0, 0.05) is 12.1 Å². The fourth-order valence-corrected chi connectivity index (χ4v) is 2.38. The fourth-order valence-electron chi connectivity index (χ4n) is 2.38. The Bertz CT molecular complexity index is 572. The molecule has 98 valence electrons. The molecular weight excluding hydrogens is 241 g/mol. The quantitative estimate of drug-likeness (QED) is 0.908. The molecule has 1 N–H and O–H groups in total. The number of fused-ring (bicyclic) bond motifs is 1. The molecule has 0 saturated carbocycles. The molecule has 0 saturated heterocycles. The third-order valence-electron chi connectivity index (χ3n) is 3.43. The van der Waals surface area contributed by atoms with Crippen molar-refractivity contribution < 1.29 is 9.13 Å². The molecule has 1 atom stereocenters. The molecule has 2 nitrogen and oxygen atoms in total. The van der Waals surface area contributed by atoms with Gasteiger partial charge in [0.1, 0.15) is 17.7 Å². The molecular formula is C16H16FNO. The lowest BCUT2D eigenvalue weighted by Crippen LogP contribution is -2.24. The number of nitrogens with one attached hydrogen (secondary N) is 1. The van der Waals surface area contributed by atoms with Crippen LogP contribution in [0.3, 0.4) is 0 Å². The molecule has 0 amide bonds. The predicted molar refractivity (Wildman–Crippen MR) is 74.2 cm³/mol. The minimum absolute atomic E-state index is 0.111. The number of hydrogen-bond donors (Lipinski definition) is 1. The van der Waals surface area contributed by atoms with E-state index in [1.165, 1.54) is 17.7 Å². The van der Waals surface area contributed by atoms with E-state index in [4.69, 9.17) is 4.74 Å². The maximum absolute atomic E-state index is 13.2. The van der Waals surface area contributed by atoms with Crippen LogP contribution in [0.4, 0.5) is 10.1 Å². The van der Waals surface area contributed by atoms with E-state index in [1.807, 2.05) is 25.1 Å². The van der Waals surface area contributed by atoms with Crippen molar-refractivity contribution in [2.24, 2.45) is 0 Å². The summed E-state index contributed by atoms with van der Waals surface area (Å²) in [5, 5.41) is 3.27. The normalized spacial score (nSPS) is 16.8. The summed E-state index contributed by atoms with van der Waals surface area (Å²) in [4.78, 5) is 0. The average molecular weight is 257 g/mol. The second kappa shape index (κ2) is 4.92. The number of rotatable bonds is 3. The Morgan fingerprint density at radius 3 is 2.95 bits per heavy atom. The molecule has 2 aromatic carbocycles. The van der Waals surface area contributed by atoms with Crippen LogP contribution in [0.5, 0.6) is 5.75 Å². The lowest BCUT2D eigenvalue weighted by atomic mass is 10.1. The van der Waals surface area contributed by atoms with E-state index in [0.717, 1.165) is 23.4 Å². The zero-order chi connectivity index (χ0) is 13.2. The summed E-state index contributed by atoms with van der Waals surface area (Å²) >= 11 is 0. The Balaban J connectivity index is 1.64. The summed E-state index contributed by atoms with van der Waals surface area (Å²) < 4.78 is 19.0. The van der Waals surface area contributed by atoms with E-state index < -0.39 is 0 Å². The number of ether oxygens (including phenoxy) is 1. The first-order chi connectivity index (χ1) is 9.22. The van der Waals surface area contributed by atoms with Gasteiger partial charge in [-0.15, -0.1) is 0 Å². The number of anilines is 1. The van der Waals surface area contributed by atoms with E-state index in [-0.39, 0.29) is 11.9 Å². The van der Waals surface area contributed by atoms with Crippen LogP contribution in [0, 0.1) is 12.7 Å². The molecule has 0 spiro atoms. The van der Waals surface area contributed by atoms with Crippen LogP contribution in [0.1, 0.15) is 11.1 Å².